The monoisotopic (exact) mass is 208 g/mol. The predicted molar refractivity (Wildman–Crippen MR) is 57.9 cm³/mol. The van der Waals surface area contributed by atoms with Crippen LogP contribution in [-0.4, -0.2) is 5.11 Å². The zero-order valence-corrected chi connectivity index (χ0v) is 9.04. The van der Waals surface area contributed by atoms with Gasteiger partial charge < -0.3 is 5.11 Å². The molecule has 0 spiro atoms. The minimum absolute atomic E-state index is 0.244. The minimum atomic E-state index is -0.731. The number of aliphatic hydroxyl groups is 1. The third-order valence-corrected chi connectivity index (χ3v) is 3.35. The van der Waals surface area contributed by atoms with Gasteiger partial charge in [0.2, 0.25) is 0 Å². The second-order valence-corrected chi connectivity index (χ2v) is 4.74. The van der Waals surface area contributed by atoms with Gasteiger partial charge in [-0.1, -0.05) is 25.5 Å². The lowest BCUT2D eigenvalue weighted by molar-refractivity contribution is -0.0179. The molecule has 2 atom stereocenters. The summed E-state index contributed by atoms with van der Waals surface area (Å²) in [5, 5.41) is 10.5. The number of hydrogen-bond donors (Lipinski definition) is 1. The van der Waals surface area contributed by atoms with Crippen molar-refractivity contribution in [1.29, 1.82) is 0 Å². The molecule has 0 radical (unpaired) electrons. The molecule has 0 aliphatic heterocycles. The van der Waals surface area contributed by atoms with Gasteiger partial charge in [-0.05, 0) is 42.9 Å². The number of hydrogen-bond acceptors (Lipinski definition) is 1. The van der Waals surface area contributed by atoms with Crippen LogP contribution in [0.5, 0.6) is 0 Å². The van der Waals surface area contributed by atoms with Gasteiger partial charge in [0.25, 0.3) is 0 Å². The summed E-state index contributed by atoms with van der Waals surface area (Å²) in [6, 6.07) is 6.25. The molecule has 2 heteroatoms. The molecule has 0 saturated heterocycles. The van der Waals surface area contributed by atoms with Crippen molar-refractivity contribution >= 4 is 0 Å². The van der Waals surface area contributed by atoms with Crippen LogP contribution in [-0.2, 0) is 5.60 Å². The highest BCUT2D eigenvalue weighted by molar-refractivity contribution is 5.23. The molecule has 1 aliphatic carbocycles. The fraction of sp³-hybridized carbons (Fsp3) is 0.538. The van der Waals surface area contributed by atoms with E-state index in [1.165, 1.54) is 18.6 Å². The molecule has 0 amide bonds. The van der Waals surface area contributed by atoms with Crippen LogP contribution in [0.1, 0.15) is 38.2 Å². The predicted octanol–water partition coefficient (Wildman–Crippen LogP) is 3.22. The van der Waals surface area contributed by atoms with Gasteiger partial charge in [0.05, 0.1) is 5.60 Å². The van der Waals surface area contributed by atoms with Gasteiger partial charge in [-0.15, -0.1) is 0 Å². The zero-order chi connectivity index (χ0) is 10.9. The Morgan fingerprint density at radius 2 is 2.00 bits per heavy atom. The van der Waals surface area contributed by atoms with E-state index in [9.17, 15) is 9.50 Å². The Labute approximate surface area is 89.9 Å². The Morgan fingerprint density at radius 3 is 2.60 bits per heavy atom. The summed E-state index contributed by atoms with van der Waals surface area (Å²) in [6.45, 7) is 2.16. The second kappa shape index (κ2) is 3.93. The first-order valence-corrected chi connectivity index (χ1v) is 5.58. The van der Waals surface area contributed by atoms with E-state index in [1.54, 1.807) is 12.1 Å². The molecule has 0 heterocycles. The van der Waals surface area contributed by atoms with Crippen molar-refractivity contribution in [2.45, 2.75) is 38.2 Å². The van der Waals surface area contributed by atoms with Gasteiger partial charge in [0.15, 0.2) is 0 Å². The molecule has 15 heavy (non-hydrogen) atoms. The summed E-state index contributed by atoms with van der Waals surface area (Å²) in [6.07, 6.45) is 3.82. The van der Waals surface area contributed by atoms with Crippen LogP contribution in [0.15, 0.2) is 24.3 Å². The van der Waals surface area contributed by atoms with E-state index < -0.39 is 5.60 Å². The Balaban J connectivity index is 2.24. The van der Waals surface area contributed by atoms with Crippen LogP contribution in [0, 0.1) is 11.7 Å². The van der Waals surface area contributed by atoms with Crippen LogP contribution >= 0.6 is 0 Å². The van der Waals surface area contributed by atoms with Crippen LogP contribution in [0.2, 0.25) is 0 Å². The van der Waals surface area contributed by atoms with Crippen molar-refractivity contribution in [1.82, 2.24) is 0 Å². The Hall–Kier alpha value is -0.890. The van der Waals surface area contributed by atoms with Crippen molar-refractivity contribution in [3.05, 3.63) is 35.6 Å². The molecular weight excluding hydrogens is 191 g/mol. The van der Waals surface area contributed by atoms with Gasteiger partial charge in [0.1, 0.15) is 5.82 Å². The summed E-state index contributed by atoms with van der Waals surface area (Å²) in [7, 11) is 0. The zero-order valence-electron chi connectivity index (χ0n) is 9.04. The highest BCUT2D eigenvalue weighted by Gasteiger charge is 2.33. The molecule has 2 rings (SSSR count). The summed E-state index contributed by atoms with van der Waals surface area (Å²) >= 11 is 0. The SMILES string of the molecule is C[C@H]1CCC[C@](O)(c2ccc(F)cc2)C1. The summed E-state index contributed by atoms with van der Waals surface area (Å²) in [5.41, 5.74) is 0.126. The van der Waals surface area contributed by atoms with E-state index in [4.69, 9.17) is 0 Å². The molecule has 82 valence electrons. The number of rotatable bonds is 1. The second-order valence-electron chi connectivity index (χ2n) is 4.74. The molecule has 1 aliphatic rings. The largest absolute Gasteiger partial charge is 0.385 e. The molecule has 1 aromatic rings. The van der Waals surface area contributed by atoms with Crippen molar-refractivity contribution < 1.29 is 9.50 Å². The summed E-state index contributed by atoms with van der Waals surface area (Å²) in [4.78, 5) is 0. The lowest BCUT2D eigenvalue weighted by atomic mass is 9.75. The minimum Gasteiger partial charge on any atom is -0.385 e. The van der Waals surface area contributed by atoms with Crippen molar-refractivity contribution in [2.75, 3.05) is 0 Å². The van der Waals surface area contributed by atoms with Crippen molar-refractivity contribution in [3.8, 4) is 0 Å². The Morgan fingerprint density at radius 1 is 1.33 bits per heavy atom. The maximum Gasteiger partial charge on any atom is 0.123 e. The Kier molecular flexibility index (Phi) is 2.79. The van der Waals surface area contributed by atoms with Crippen LogP contribution in [0.25, 0.3) is 0 Å². The van der Waals surface area contributed by atoms with Gasteiger partial charge in [-0.3, -0.25) is 0 Å². The van der Waals surface area contributed by atoms with Gasteiger partial charge >= 0.3 is 0 Å². The number of benzene rings is 1. The highest BCUT2D eigenvalue weighted by atomic mass is 19.1. The quantitative estimate of drug-likeness (QED) is 0.751. The molecule has 1 aromatic carbocycles. The van der Waals surface area contributed by atoms with E-state index in [0.29, 0.717) is 5.92 Å². The van der Waals surface area contributed by atoms with E-state index in [0.717, 1.165) is 24.8 Å². The molecule has 0 aromatic heterocycles. The molecule has 1 fully saturated rings. The average molecular weight is 208 g/mol. The maximum atomic E-state index is 12.8. The van der Waals surface area contributed by atoms with E-state index in [1.807, 2.05) is 0 Å². The smallest absolute Gasteiger partial charge is 0.123 e. The van der Waals surface area contributed by atoms with Gasteiger partial charge in [-0.25, -0.2) is 4.39 Å². The lowest BCUT2D eigenvalue weighted by Crippen LogP contribution is -2.31. The fourth-order valence-electron chi connectivity index (χ4n) is 2.55. The standard InChI is InChI=1S/C13H17FO/c1-10-3-2-8-13(15,9-10)11-4-6-12(14)7-5-11/h4-7,10,15H,2-3,8-9H2,1H3/t10-,13+/m0/s1. The van der Waals surface area contributed by atoms with Crippen LogP contribution < -0.4 is 0 Å². The van der Waals surface area contributed by atoms with Crippen LogP contribution in [0.3, 0.4) is 0 Å². The molecule has 1 nitrogen and oxygen atoms in total. The summed E-state index contributed by atoms with van der Waals surface area (Å²) < 4.78 is 12.8. The molecule has 1 saturated carbocycles. The van der Waals surface area contributed by atoms with Gasteiger partial charge in [0, 0.05) is 0 Å². The average Bonchev–Trinajstić information content (AvgIpc) is 2.18. The van der Waals surface area contributed by atoms with E-state index >= 15 is 0 Å². The van der Waals surface area contributed by atoms with E-state index in [-0.39, 0.29) is 5.82 Å². The topological polar surface area (TPSA) is 20.2 Å². The third kappa shape index (κ3) is 2.20. The maximum absolute atomic E-state index is 12.8. The first kappa shape index (κ1) is 10.6. The third-order valence-electron chi connectivity index (χ3n) is 3.35. The first-order valence-electron chi connectivity index (χ1n) is 5.58. The highest BCUT2D eigenvalue weighted by Crippen LogP contribution is 2.39. The Bertz CT molecular complexity index is 333. The van der Waals surface area contributed by atoms with Crippen molar-refractivity contribution in [2.24, 2.45) is 5.92 Å². The molecule has 0 unspecified atom stereocenters. The normalized spacial score (nSPS) is 31.5. The fourth-order valence-corrected chi connectivity index (χ4v) is 2.55. The van der Waals surface area contributed by atoms with Crippen LogP contribution in [0.4, 0.5) is 4.39 Å². The molecule has 0 bridgehead atoms. The van der Waals surface area contributed by atoms with E-state index in [2.05, 4.69) is 6.92 Å². The summed E-state index contributed by atoms with van der Waals surface area (Å²) in [5.74, 6) is 0.306. The van der Waals surface area contributed by atoms with Gasteiger partial charge in [-0.2, -0.15) is 0 Å². The molecular formula is C13H17FO. The van der Waals surface area contributed by atoms with Crippen molar-refractivity contribution in [3.63, 3.8) is 0 Å². The number of halogens is 1. The first-order chi connectivity index (χ1) is 7.10. The molecule has 1 N–H and O–H groups in total. The lowest BCUT2D eigenvalue weighted by Gasteiger charge is -2.36.